The smallest absolute Gasteiger partial charge is 0.425 e. The number of rotatable bonds is 19. The molecular weight excluding hydrogens is 549 g/mol. The molecule has 0 fully saturated rings. The van der Waals surface area contributed by atoms with Crippen LogP contribution < -0.4 is 4.74 Å². The van der Waals surface area contributed by atoms with E-state index in [1.807, 2.05) is 48.5 Å². The summed E-state index contributed by atoms with van der Waals surface area (Å²) in [5.74, 6) is -0.115. The molecule has 3 rings (SSSR count). The van der Waals surface area contributed by atoms with Gasteiger partial charge in [-0.1, -0.05) is 127 Å². The Labute approximate surface area is 255 Å². The highest BCUT2D eigenvalue weighted by molar-refractivity contribution is 5.91. The summed E-state index contributed by atoms with van der Waals surface area (Å²) in [4.78, 5) is 12.7. The SMILES string of the molecule is CCCCCCCCOc1ccc(-c2ccccc2-c2ccc(C(=O)OC(CCCCCCCC)C(F)(F)F)cc2)cc1. The van der Waals surface area contributed by atoms with Crippen LogP contribution in [0.3, 0.4) is 0 Å². The second-order valence-electron chi connectivity index (χ2n) is 11.3. The lowest BCUT2D eigenvalue weighted by Gasteiger charge is -2.21. The van der Waals surface area contributed by atoms with Gasteiger partial charge in [-0.2, -0.15) is 13.2 Å². The summed E-state index contributed by atoms with van der Waals surface area (Å²) in [6, 6.07) is 22.5. The molecule has 0 saturated carbocycles. The van der Waals surface area contributed by atoms with Crippen LogP contribution in [-0.4, -0.2) is 24.9 Å². The number of carbonyl (C=O) groups excluding carboxylic acids is 1. The first kappa shape index (κ1) is 34.2. The third-order valence-corrected chi connectivity index (χ3v) is 7.72. The molecule has 0 spiro atoms. The molecule has 0 radical (unpaired) electrons. The molecule has 0 N–H and O–H groups in total. The van der Waals surface area contributed by atoms with Crippen LogP contribution >= 0.6 is 0 Å². The van der Waals surface area contributed by atoms with Crippen molar-refractivity contribution in [3.63, 3.8) is 0 Å². The predicted molar refractivity (Wildman–Crippen MR) is 169 cm³/mol. The molecule has 1 unspecified atom stereocenters. The van der Waals surface area contributed by atoms with Crippen molar-refractivity contribution in [3.05, 3.63) is 78.4 Å². The summed E-state index contributed by atoms with van der Waals surface area (Å²) in [5.41, 5.74) is 3.95. The Bertz CT molecular complexity index is 1200. The van der Waals surface area contributed by atoms with Crippen LogP contribution in [0.2, 0.25) is 0 Å². The van der Waals surface area contributed by atoms with Gasteiger partial charge in [0.2, 0.25) is 0 Å². The molecule has 0 aliphatic heterocycles. The summed E-state index contributed by atoms with van der Waals surface area (Å²) in [6.45, 7) is 5.02. The molecular formula is C37H47F3O3. The first-order valence-corrected chi connectivity index (χ1v) is 16.0. The van der Waals surface area contributed by atoms with Crippen molar-refractivity contribution in [1.29, 1.82) is 0 Å². The first-order valence-electron chi connectivity index (χ1n) is 16.0. The van der Waals surface area contributed by atoms with Crippen molar-refractivity contribution in [2.45, 2.75) is 110 Å². The van der Waals surface area contributed by atoms with Crippen LogP contribution in [0, 0.1) is 0 Å². The third kappa shape index (κ3) is 11.7. The minimum absolute atomic E-state index is 0.102. The summed E-state index contributed by atoms with van der Waals surface area (Å²) >= 11 is 0. The fourth-order valence-corrected chi connectivity index (χ4v) is 5.17. The van der Waals surface area contributed by atoms with E-state index < -0.39 is 18.2 Å². The third-order valence-electron chi connectivity index (χ3n) is 7.72. The topological polar surface area (TPSA) is 35.5 Å². The van der Waals surface area contributed by atoms with Crippen LogP contribution in [0.15, 0.2) is 72.8 Å². The highest BCUT2D eigenvalue weighted by Gasteiger charge is 2.42. The summed E-state index contributed by atoms with van der Waals surface area (Å²) in [5, 5.41) is 0. The Morgan fingerprint density at radius 1 is 0.651 bits per heavy atom. The summed E-state index contributed by atoms with van der Waals surface area (Å²) in [7, 11) is 0. The van der Waals surface area contributed by atoms with Crippen molar-refractivity contribution < 1.29 is 27.4 Å². The van der Waals surface area contributed by atoms with Gasteiger partial charge in [0.05, 0.1) is 12.2 Å². The lowest BCUT2D eigenvalue weighted by atomic mass is 9.94. The molecule has 3 aromatic carbocycles. The standard InChI is InChI=1S/C37H47F3O3/c1-3-5-7-9-11-13-19-35(37(38,39)40)43-36(41)31-22-20-29(21-23-31)33-17-14-15-18-34(33)30-24-26-32(27-25-30)42-28-16-12-10-8-6-4-2/h14-15,17-18,20-27,35H,3-13,16,19,28H2,1-2H3. The molecule has 0 amide bonds. The van der Waals surface area contributed by atoms with Crippen molar-refractivity contribution in [2.24, 2.45) is 0 Å². The lowest BCUT2D eigenvalue weighted by Crippen LogP contribution is -2.33. The van der Waals surface area contributed by atoms with Gasteiger partial charge in [-0.25, -0.2) is 4.79 Å². The fourth-order valence-electron chi connectivity index (χ4n) is 5.17. The molecule has 6 heteroatoms. The molecule has 3 aromatic rings. The van der Waals surface area contributed by atoms with Gasteiger partial charge in [0.25, 0.3) is 0 Å². The Morgan fingerprint density at radius 3 is 1.67 bits per heavy atom. The highest BCUT2D eigenvalue weighted by atomic mass is 19.4. The van der Waals surface area contributed by atoms with Gasteiger partial charge >= 0.3 is 12.1 Å². The van der Waals surface area contributed by atoms with E-state index in [1.54, 1.807) is 12.1 Å². The average molecular weight is 597 g/mol. The predicted octanol–water partition coefficient (Wildman–Crippen LogP) is 11.6. The molecule has 1 atom stereocenters. The lowest BCUT2D eigenvalue weighted by molar-refractivity contribution is -0.206. The van der Waals surface area contributed by atoms with Gasteiger partial charge in [-0.3, -0.25) is 0 Å². The van der Waals surface area contributed by atoms with Crippen LogP contribution in [0.4, 0.5) is 13.2 Å². The maximum Gasteiger partial charge on any atom is 0.425 e. The van der Waals surface area contributed by atoms with Gasteiger partial charge in [-0.05, 0) is 65.8 Å². The minimum Gasteiger partial charge on any atom is -0.494 e. The van der Waals surface area contributed by atoms with Crippen molar-refractivity contribution in [1.82, 2.24) is 0 Å². The number of unbranched alkanes of at least 4 members (excludes halogenated alkanes) is 10. The van der Waals surface area contributed by atoms with E-state index in [1.165, 1.54) is 44.2 Å². The fraction of sp³-hybridized carbons (Fsp3) is 0.486. The van der Waals surface area contributed by atoms with Gasteiger partial charge in [-0.15, -0.1) is 0 Å². The average Bonchev–Trinajstić information content (AvgIpc) is 3.01. The molecule has 0 aliphatic rings. The number of esters is 1. The number of alkyl halides is 3. The molecule has 0 aliphatic carbocycles. The van der Waals surface area contributed by atoms with Gasteiger partial charge < -0.3 is 9.47 Å². The van der Waals surface area contributed by atoms with E-state index in [2.05, 4.69) is 13.8 Å². The largest absolute Gasteiger partial charge is 0.494 e. The second-order valence-corrected chi connectivity index (χ2v) is 11.3. The molecule has 0 saturated heterocycles. The van der Waals surface area contributed by atoms with Crippen molar-refractivity contribution >= 4 is 5.97 Å². The molecule has 3 nitrogen and oxygen atoms in total. The number of carbonyl (C=O) groups is 1. The Balaban J connectivity index is 1.60. The van der Waals surface area contributed by atoms with E-state index in [0.717, 1.165) is 60.1 Å². The Hall–Kier alpha value is -3.28. The number of ether oxygens (including phenoxy) is 2. The van der Waals surface area contributed by atoms with Gasteiger partial charge in [0, 0.05) is 0 Å². The van der Waals surface area contributed by atoms with E-state index in [-0.39, 0.29) is 12.0 Å². The van der Waals surface area contributed by atoms with Gasteiger partial charge in [0.15, 0.2) is 6.10 Å². The normalized spacial score (nSPS) is 12.2. The zero-order valence-corrected chi connectivity index (χ0v) is 25.8. The zero-order valence-electron chi connectivity index (χ0n) is 25.8. The molecule has 43 heavy (non-hydrogen) atoms. The number of benzene rings is 3. The second kappa shape index (κ2) is 18.4. The highest BCUT2D eigenvalue weighted by Crippen LogP contribution is 2.34. The number of hydrogen-bond acceptors (Lipinski definition) is 3. The number of halogens is 3. The summed E-state index contributed by atoms with van der Waals surface area (Å²) < 4.78 is 51.6. The molecule has 0 aromatic heterocycles. The molecule has 234 valence electrons. The van der Waals surface area contributed by atoms with E-state index in [0.29, 0.717) is 19.4 Å². The van der Waals surface area contributed by atoms with Crippen molar-refractivity contribution in [3.8, 4) is 28.0 Å². The minimum atomic E-state index is -4.59. The van der Waals surface area contributed by atoms with Crippen LogP contribution in [0.5, 0.6) is 5.75 Å². The van der Waals surface area contributed by atoms with E-state index in [9.17, 15) is 18.0 Å². The quantitative estimate of drug-likeness (QED) is 0.102. The zero-order chi connectivity index (χ0) is 30.9. The van der Waals surface area contributed by atoms with Crippen LogP contribution in [0.1, 0.15) is 108 Å². The Morgan fingerprint density at radius 2 is 1.14 bits per heavy atom. The Kier molecular flexibility index (Phi) is 14.6. The van der Waals surface area contributed by atoms with Crippen molar-refractivity contribution in [2.75, 3.05) is 6.61 Å². The maximum atomic E-state index is 13.6. The maximum absolute atomic E-state index is 13.6. The summed E-state index contributed by atoms with van der Waals surface area (Å²) in [6.07, 6.45) is 5.57. The van der Waals surface area contributed by atoms with E-state index >= 15 is 0 Å². The number of hydrogen-bond donors (Lipinski definition) is 0. The molecule has 0 heterocycles. The van der Waals surface area contributed by atoms with Crippen LogP contribution in [-0.2, 0) is 4.74 Å². The monoisotopic (exact) mass is 596 g/mol. The van der Waals surface area contributed by atoms with E-state index in [4.69, 9.17) is 9.47 Å². The van der Waals surface area contributed by atoms with Crippen LogP contribution in [0.25, 0.3) is 22.3 Å². The first-order chi connectivity index (χ1) is 20.8. The molecule has 0 bridgehead atoms. The van der Waals surface area contributed by atoms with Gasteiger partial charge in [0.1, 0.15) is 5.75 Å².